The molecule has 0 aromatic heterocycles. The molecule has 1 aliphatic carbocycles. The van der Waals surface area contributed by atoms with Crippen molar-refractivity contribution in [1.29, 1.82) is 0 Å². The molecule has 3 heteroatoms. The van der Waals surface area contributed by atoms with Gasteiger partial charge in [0.2, 0.25) is 0 Å². The quantitative estimate of drug-likeness (QED) is 0.844. The van der Waals surface area contributed by atoms with Crippen LogP contribution in [0, 0.1) is 5.92 Å². The van der Waals surface area contributed by atoms with Crippen LogP contribution in [0.15, 0.2) is 22.7 Å². The second kappa shape index (κ2) is 4.53. The largest absolute Gasteiger partial charge is 0.487 e. The molecule has 1 spiro atoms. The van der Waals surface area contributed by atoms with Crippen LogP contribution in [0.4, 0.5) is 0 Å². The number of fused-ring (bicyclic) bond motifs is 1. The van der Waals surface area contributed by atoms with Gasteiger partial charge in [0.25, 0.3) is 0 Å². The van der Waals surface area contributed by atoms with Crippen molar-refractivity contribution in [2.75, 3.05) is 0 Å². The Kier molecular flexibility index (Phi) is 3.15. The Bertz CT molecular complexity index is 462. The van der Waals surface area contributed by atoms with Gasteiger partial charge >= 0.3 is 0 Å². The van der Waals surface area contributed by atoms with Crippen molar-refractivity contribution in [3.8, 4) is 5.75 Å². The lowest BCUT2D eigenvalue weighted by Gasteiger charge is -2.39. The summed E-state index contributed by atoms with van der Waals surface area (Å²) in [4.78, 5) is 0. The van der Waals surface area contributed by atoms with E-state index in [2.05, 4.69) is 35.0 Å². The van der Waals surface area contributed by atoms with Crippen molar-refractivity contribution in [2.45, 2.75) is 50.7 Å². The molecular formula is C15H20BrNO. The first kappa shape index (κ1) is 12.5. The summed E-state index contributed by atoms with van der Waals surface area (Å²) >= 11 is 3.51. The Morgan fingerprint density at radius 1 is 1.44 bits per heavy atom. The number of hydrogen-bond acceptors (Lipinski definition) is 2. The Balaban J connectivity index is 1.91. The van der Waals surface area contributed by atoms with E-state index < -0.39 is 0 Å². The summed E-state index contributed by atoms with van der Waals surface area (Å²) in [5, 5.41) is 0. The Labute approximate surface area is 117 Å². The third kappa shape index (κ3) is 2.08. The second-order valence-electron chi connectivity index (χ2n) is 5.79. The van der Waals surface area contributed by atoms with Crippen molar-refractivity contribution in [3.05, 3.63) is 28.2 Å². The van der Waals surface area contributed by atoms with Crippen LogP contribution in [-0.4, -0.2) is 5.60 Å². The number of halogens is 1. The molecule has 1 aliphatic heterocycles. The Morgan fingerprint density at radius 3 is 3.00 bits per heavy atom. The van der Waals surface area contributed by atoms with Crippen LogP contribution in [-0.2, 0) is 0 Å². The zero-order valence-electron chi connectivity index (χ0n) is 10.8. The first-order chi connectivity index (χ1) is 8.62. The molecule has 98 valence electrons. The van der Waals surface area contributed by atoms with E-state index >= 15 is 0 Å². The number of nitrogens with two attached hydrogens (primary N) is 1. The minimum Gasteiger partial charge on any atom is -0.487 e. The maximum Gasteiger partial charge on any atom is 0.126 e. The van der Waals surface area contributed by atoms with E-state index in [9.17, 15) is 0 Å². The summed E-state index contributed by atoms with van der Waals surface area (Å²) in [6.45, 7) is 2.27. The van der Waals surface area contributed by atoms with Crippen molar-refractivity contribution >= 4 is 15.9 Å². The Hall–Kier alpha value is -0.540. The van der Waals surface area contributed by atoms with Gasteiger partial charge in [-0.15, -0.1) is 0 Å². The average Bonchev–Trinajstić information content (AvgIpc) is 2.71. The van der Waals surface area contributed by atoms with E-state index in [0.717, 1.165) is 34.5 Å². The normalized spacial score (nSPS) is 34.4. The molecule has 1 saturated carbocycles. The maximum absolute atomic E-state index is 6.35. The van der Waals surface area contributed by atoms with Crippen molar-refractivity contribution in [2.24, 2.45) is 11.7 Å². The van der Waals surface area contributed by atoms with Crippen LogP contribution in [0.5, 0.6) is 5.75 Å². The number of benzene rings is 1. The van der Waals surface area contributed by atoms with Crippen molar-refractivity contribution < 1.29 is 4.74 Å². The molecule has 3 atom stereocenters. The number of hydrogen-bond donors (Lipinski definition) is 1. The lowest BCUT2D eigenvalue weighted by Crippen LogP contribution is -2.40. The van der Waals surface area contributed by atoms with Gasteiger partial charge in [-0.05, 0) is 37.3 Å². The lowest BCUT2D eigenvalue weighted by atomic mass is 9.85. The molecule has 2 unspecified atom stereocenters. The summed E-state index contributed by atoms with van der Waals surface area (Å²) in [5.74, 6) is 1.80. The molecular weight excluding hydrogens is 290 g/mol. The predicted molar refractivity (Wildman–Crippen MR) is 76.7 cm³/mol. The van der Waals surface area contributed by atoms with E-state index in [1.54, 1.807) is 0 Å². The topological polar surface area (TPSA) is 35.2 Å². The average molecular weight is 310 g/mol. The predicted octanol–water partition coefficient (Wildman–Crippen LogP) is 4.18. The molecule has 0 bridgehead atoms. The van der Waals surface area contributed by atoms with Gasteiger partial charge in [-0.3, -0.25) is 0 Å². The standard InChI is InChI=1S/C15H20BrNO/c1-2-10-5-6-15(8-10)9-13(17)12-4-3-11(16)7-14(12)18-15/h3-4,7,10,13H,2,5-6,8-9,17H2,1H3/t10?,13-,15?/m0/s1. The molecule has 1 aromatic carbocycles. The van der Waals surface area contributed by atoms with Gasteiger partial charge < -0.3 is 10.5 Å². The first-order valence-electron chi connectivity index (χ1n) is 6.86. The van der Waals surface area contributed by atoms with Crippen LogP contribution in [0.3, 0.4) is 0 Å². The molecule has 1 heterocycles. The molecule has 3 rings (SSSR count). The third-order valence-corrected chi connectivity index (χ3v) is 5.03. The highest BCUT2D eigenvalue weighted by Crippen LogP contribution is 2.49. The fraction of sp³-hybridized carbons (Fsp3) is 0.600. The fourth-order valence-electron chi connectivity index (χ4n) is 3.51. The fourth-order valence-corrected chi connectivity index (χ4v) is 3.85. The van der Waals surface area contributed by atoms with Gasteiger partial charge in [-0.1, -0.05) is 35.3 Å². The van der Waals surface area contributed by atoms with Gasteiger partial charge in [-0.25, -0.2) is 0 Å². The van der Waals surface area contributed by atoms with E-state index in [1.165, 1.54) is 19.3 Å². The van der Waals surface area contributed by atoms with Crippen LogP contribution in [0.25, 0.3) is 0 Å². The number of ether oxygens (including phenoxy) is 1. The minimum absolute atomic E-state index is 0.00782. The van der Waals surface area contributed by atoms with Crippen molar-refractivity contribution in [3.63, 3.8) is 0 Å². The highest BCUT2D eigenvalue weighted by atomic mass is 79.9. The molecule has 0 amide bonds. The molecule has 2 N–H and O–H groups in total. The third-order valence-electron chi connectivity index (χ3n) is 4.54. The van der Waals surface area contributed by atoms with Crippen LogP contribution < -0.4 is 10.5 Å². The smallest absolute Gasteiger partial charge is 0.126 e. The summed E-state index contributed by atoms with van der Waals surface area (Å²) in [6, 6.07) is 6.32. The van der Waals surface area contributed by atoms with Gasteiger partial charge in [0.1, 0.15) is 11.4 Å². The molecule has 0 radical (unpaired) electrons. The molecule has 18 heavy (non-hydrogen) atoms. The molecule has 2 aliphatic rings. The van der Waals surface area contributed by atoms with Gasteiger partial charge in [0.15, 0.2) is 0 Å². The molecule has 1 fully saturated rings. The van der Waals surface area contributed by atoms with Gasteiger partial charge in [-0.2, -0.15) is 0 Å². The zero-order chi connectivity index (χ0) is 12.8. The van der Waals surface area contributed by atoms with Crippen LogP contribution in [0.1, 0.15) is 50.6 Å². The zero-order valence-corrected chi connectivity index (χ0v) is 12.4. The van der Waals surface area contributed by atoms with Crippen LogP contribution in [0.2, 0.25) is 0 Å². The van der Waals surface area contributed by atoms with E-state index in [1.807, 2.05) is 6.07 Å². The second-order valence-corrected chi connectivity index (χ2v) is 6.71. The van der Waals surface area contributed by atoms with Gasteiger partial charge in [0.05, 0.1) is 0 Å². The molecule has 2 nitrogen and oxygen atoms in total. The van der Waals surface area contributed by atoms with Crippen LogP contribution >= 0.6 is 15.9 Å². The number of rotatable bonds is 1. The lowest BCUT2D eigenvalue weighted by molar-refractivity contribution is 0.0384. The monoisotopic (exact) mass is 309 g/mol. The maximum atomic E-state index is 6.35. The summed E-state index contributed by atoms with van der Waals surface area (Å²) < 4.78 is 7.42. The van der Waals surface area contributed by atoms with E-state index in [0.29, 0.717) is 0 Å². The minimum atomic E-state index is 0.00782. The SMILES string of the molecule is CCC1CCC2(C1)C[C@H](N)c1ccc(Br)cc1O2. The summed E-state index contributed by atoms with van der Waals surface area (Å²) in [6.07, 6.45) is 5.84. The van der Waals surface area contributed by atoms with E-state index in [4.69, 9.17) is 10.5 Å². The highest BCUT2D eigenvalue weighted by molar-refractivity contribution is 9.10. The van der Waals surface area contributed by atoms with Crippen molar-refractivity contribution in [1.82, 2.24) is 0 Å². The van der Waals surface area contributed by atoms with E-state index in [-0.39, 0.29) is 11.6 Å². The first-order valence-corrected chi connectivity index (χ1v) is 7.65. The summed E-state index contributed by atoms with van der Waals surface area (Å²) in [7, 11) is 0. The Morgan fingerprint density at radius 2 is 2.28 bits per heavy atom. The molecule has 0 saturated heterocycles. The molecule has 1 aromatic rings. The van der Waals surface area contributed by atoms with Gasteiger partial charge in [0, 0.05) is 22.5 Å². The summed E-state index contributed by atoms with van der Waals surface area (Å²) in [5.41, 5.74) is 7.51. The highest BCUT2D eigenvalue weighted by Gasteiger charge is 2.45.